The van der Waals surface area contributed by atoms with Gasteiger partial charge in [-0.2, -0.15) is 0 Å². The van der Waals surface area contributed by atoms with Crippen molar-refractivity contribution in [1.29, 1.82) is 0 Å². The number of para-hydroxylation sites is 1. The van der Waals surface area contributed by atoms with Gasteiger partial charge in [0.05, 0.1) is 41.5 Å². The highest BCUT2D eigenvalue weighted by molar-refractivity contribution is 7.47. The highest BCUT2D eigenvalue weighted by Gasteiger charge is 2.53. The van der Waals surface area contributed by atoms with Crippen molar-refractivity contribution in [2.45, 2.75) is 211 Å². The maximum atomic E-state index is 14.6. The first kappa shape index (κ1) is 61.5. The van der Waals surface area contributed by atoms with Gasteiger partial charge in [0.2, 0.25) is 0 Å². The number of cyclic esters (lactones) is 1. The predicted molar refractivity (Wildman–Crippen MR) is 291 cm³/mol. The number of aliphatic hydroxyl groups is 5. The molecule has 3 aliphatic heterocycles. The number of benzene rings is 2. The molecule has 0 amide bonds. The van der Waals surface area contributed by atoms with Crippen LogP contribution in [-0.4, -0.2) is 186 Å². The molecule has 0 radical (unpaired) electrons. The Morgan fingerprint density at radius 1 is 0.822 bits per heavy atom. The van der Waals surface area contributed by atoms with Gasteiger partial charge < -0.3 is 63.8 Å². The molecule has 5 rings (SSSR count). The van der Waals surface area contributed by atoms with Gasteiger partial charge >= 0.3 is 5.97 Å². The fraction of sp³-hybridized carbons (Fsp3) is 0.772. The zero-order chi connectivity index (χ0) is 54.2. The summed E-state index contributed by atoms with van der Waals surface area (Å²) in [4.78, 5) is 21.0. The molecule has 15 nitrogen and oxygen atoms in total. The summed E-state index contributed by atoms with van der Waals surface area (Å²) < 4.78 is 38.4. The molecule has 3 fully saturated rings. The normalized spacial score (nSPS) is 38.8. The van der Waals surface area contributed by atoms with Crippen LogP contribution in [0.3, 0.4) is 0 Å². The maximum absolute atomic E-state index is 14.6. The lowest BCUT2D eigenvalue weighted by molar-refractivity contribution is -0.318. The van der Waals surface area contributed by atoms with Crippen molar-refractivity contribution in [3.05, 3.63) is 48.5 Å². The van der Waals surface area contributed by atoms with E-state index in [0.717, 1.165) is 31.8 Å². The van der Waals surface area contributed by atoms with E-state index in [9.17, 15) is 30.3 Å². The number of hydrogen-bond acceptors (Lipinski definition) is 15. The monoisotopic (exact) mass is 1050 g/mol. The second-order valence-electron chi connectivity index (χ2n) is 23.0. The lowest BCUT2D eigenvalue weighted by Crippen LogP contribution is -2.60. The minimum atomic E-state index is -1.85. The standard InChI is InChI=1S/C57H96N3O12P/c1-16-46-57(10,66)50(62)39(6)60(29-23-17-18-24-30-73-45-28-22-20-26-42(45)41-25-19-21-27-43(41)58(11)12)34-35(2)32-55(8,65)52(72-54-48(61)44(59(13)14)31-36(3)68-54)37(4)49(38(5)53(64)70-46)71-47-33-56(9,67-15)51(63)40(7)69-47/h19-22,25-28,35-40,44,46-52,54,61-63,65-66,73H,16-18,23-24,29-34H2,1-15H3/t35-,36-,37+,38-,39-,40+,44+,46-,47+,48-,49+,50-,51+,52-,54+,55-,56-,57-/m1/s1. The summed E-state index contributed by atoms with van der Waals surface area (Å²) in [6, 6.07) is 16.4. The van der Waals surface area contributed by atoms with Crippen LogP contribution in [0, 0.1) is 17.8 Å². The van der Waals surface area contributed by atoms with Gasteiger partial charge in [0.15, 0.2) is 12.6 Å². The molecule has 16 heteroatoms. The third kappa shape index (κ3) is 15.2. The number of nitrogens with zero attached hydrogens (tertiary/aromatic N) is 3. The smallest absolute Gasteiger partial charge is 0.311 e. The molecule has 3 heterocycles. The lowest BCUT2D eigenvalue weighted by atomic mass is 9.77. The molecule has 416 valence electrons. The van der Waals surface area contributed by atoms with Gasteiger partial charge in [-0.25, -0.2) is 0 Å². The topological polar surface area (TPSA) is 183 Å². The van der Waals surface area contributed by atoms with Crippen LogP contribution in [-0.2, 0) is 33.2 Å². The van der Waals surface area contributed by atoms with Crippen molar-refractivity contribution in [3.8, 4) is 11.1 Å². The fourth-order valence-electron chi connectivity index (χ4n) is 11.9. The van der Waals surface area contributed by atoms with Gasteiger partial charge in [0.1, 0.15) is 30.0 Å². The second kappa shape index (κ2) is 26.8. The van der Waals surface area contributed by atoms with Gasteiger partial charge in [0.25, 0.3) is 0 Å². The zero-order valence-electron chi connectivity index (χ0n) is 47.0. The molecule has 1 unspecified atom stereocenters. The van der Waals surface area contributed by atoms with Gasteiger partial charge in [-0.3, -0.25) is 9.69 Å². The highest BCUT2D eigenvalue weighted by Crippen LogP contribution is 2.41. The summed E-state index contributed by atoms with van der Waals surface area (Å²) in [6.45, 7) is 19.1. The molecule has 5 N–H and O–H groups in total. The van der Waals surface area contributed by atoms with Crippen molar-refractivity contribution < 1.29 is 58.7 Å². The van der Waals surface area contributed by atoms with Crippen molar-refractivity contribution in [2.75, 3.05) is 59.5 Å². The average molecular weight is 1050 g/mol. The van der Waals surface area contributed by atoms with E-state index in [-0.39, 0.29) is 37.3 Å². The Kier molecular flexibility index (Phi) is 22.6. The Morgan fingerprint density at radius 3 is 2.11 bits per heavy atom. The van der Waals surface area contributed by atoms with Gasteiger partial charge in [0, 0.05) is 63.4 Å². The van der Waals surface area contributed by atoms with Crippen LogP contribution in [0.2, 0.25) is 0 Å². The molecule has 73 heavy (non-hydrogen) atoms. The second-order valence-corrected chi connectivity index (χ2v) is 24.4. The van der Waals surface area contributed by atoms with Crippen molar-refractivity contribution >= 4 is 25.5 Å². The average Bonchev–Trinajstić information content (AvgIpc) is 3.34. The molecule has 0 saturated carbocycles. The van der Waals surface area contributed by atoms with Gasteiger partial charge in [-0.1, -0.05) is 84.7 Å². The summed E-state index contributed by atoms with van der Waals surface area (Å²) in [5.41, 5.74) is -0.767. The molecule has 3 aliphatic rings. The quantitative estimate of drug-likeness (QED) is 0.0652. The van der Waals surface area contributed by atoms with Crippen LogP contribution in [0.15, 0.2) is 48.5 Å². The first-order valence-electron chi connectivity index (χ1n) is 27.1. The summed E-state index contributed by atoms with van der Waals surface area (Å²) in [6.07, 6.45) is -3.43. The van der Waals surface area contributed by atoms with Crippen LogP contribution in [0.1, 0.15) is 121 Å². The number of hydrogen-bond donors (Lipinski definition) is 5. The van der Waals surface area contributed by atoms with E-state index in [1.165, 1.54) is 36.2 Å². The Bertz CT molecular complexity index is 2010. The predicted octanol–water partition coefficient (Wildman–Crippen LogP) is 6.57. The maximum Gasteiger partial charge on any atom is 0.311 e. The van der Waals surface area contributed by atoms with Crippen LogP contribution < -0.4 is 10.2 Å². The minimum Gasteiger partial charge on any atom is -0.459 e. The number of ether oxygens (including phenoxy) is 6. The largest absolute Gasteiger partial charge is 0.459 e. The van der Waals surface area contributed by atoms with E-state index in [0.29, 0.717) is 28.1 Å². The van der Waals surface area contributed by atoms with Crippen molar-refractivity contribution in [3.63, 3.8) is 0 Å². The van der Waals surface area contributed by atoms with E-state index in [2.05, 4.69) is 79.3 Å². The molecular formula is C57H96N3O12P. The molecule has 0 aliphatic carbocycles. The highest BCUT2D eigenvalue weighted by atomic mass is 31.1. The number of unbranched alkanes of at least 4 members (excludes halogenated alkanes) is 3. The first-order valence-corrected chi connectivity index (χ1v) is 28.3. The number of anilines is 1. The number of esters is 1. The fourth-order valence-corrected chi connectivity index (χ4v) is 13.2. The van der Waals surface area contributed by atoms with Gasteiger partial charge in [-0.15, -0.1) is 0 Å². The third-order valence-electron chi connectivity index (χ3n) is 16.3. The summed E-state index contributed by atoms with van der Waals surface area (Å²) >= 11 is 0. The number of methoxy groups -OCH3 is 1. The SMILES string of the molecule is CC[C@H]1OC(=O)[C@H](C)[C@@H](O[C@H]2C[C@@](C)(OC)[C@@H](O)[C@H](C)O2)[C@H](C)[C@@H](O[C@@H]2O[C@H](C)C[C@H](N(C)C)[C@H]2O)[C@](C)(O)C[C@@H](C)CN(CCCCCCPc2ccccc2-c2ccccc2N(C)C)[C@H](C)[C@@H](O)[C@]1(C)O. The number of rotatable bonds is 17. The molecular weight excluding hydrogens is 950 g/mol. The molecule has 2 aromatic carbocycles. The summed E-state index contributed by atoms with van der Waals surface area (Å²) in [7, 11) is 10.2. The Balaban J connectivity index is 1.42. The third-order valence-corrected chi connectivity index (χ3v) is 17.7. The number of likely N-dealkylation sites (N-methyl/N-ethyl adjacent to an activating group) is 1. The minimum absolute atomic E-state index is 0.124. The van der Waals surface area contributed by atoms with E-state index in [1.54, 1.807) is 27.7 Å². The molecule has 3 saturated heterocycles. The van der Waals surface area contributed by atoms with Crippen molar-refractivity contribution in [2.24, 2.45) is 17.8 Å². The Morgan fingerprint density at radius 2 is 1.47 bits per heavy atom. The molecule has 0 bridgehead atoms. The first-order chi connectivity index (χ1) is 34.3. The van der Waals surface area contributed by atoms with Crippen molar-refractivity contribution in [1.82, 2.24) is 9.80 Å². The van der Waals surface area contributed by atoms with E-state index < -0.39 is 96.0 Å². The van der Waals surface area contributed by atoms with E-state index in [4.69, 9.17) is 28.4 Å². The van der Waals surface area contributed by atoms with Gasteiger partial charge in [-0.05, 0) is 130 Å². The summed E-state index contributed by atoms with van der Waals surface area (Å²) in [5.74, 6) is -2.66. The molecule has 2 aromatic rings. The number of carbonyl (C=O) groups excluding carboxylic acids is 1. The van der Waals surface area contributed by atoms with Crippen LogP contribution in [0.25, 0.3) is 11.1 Å². The zero-order valence-corrected chi connectivity index (χ0v) is 48.0. The van der Waals surface area contributed by atoms with Crippen LogP contribution >= 0.6 is 8.58 Å². The summed E-state index contributed by atoms with van der Waals surface area (Å²) in [5, 5.41) is 61.8. The van der Waals surface area contributed by atoms with E-state index >= 15 is 0 Å². The van der Waals surface area contributed by atoms with Crippen LogP contribution in [0.5, 0.6) is 0 Å². The molecule has 19 atom stereocenters. The Labute approximate surface area is 440 Å². The number of carbonyl (C=O) groups is 1. The van der Waals surface area contributed by atoms with Crippen LogP contribution in [0.4, 0.5) is 5.69 Å². The molecule has 0 spiro atoms. The lowest BCUT2D eigenvalue weighted by Gasteiger charge is -2.48. The van der Waals surface area contributed by atoms with E-state index in [1.807, 2.05) is 46.7 Å². The Hall–Kier alpha value is -2.34. The number of aliphatic hydroxyl groups excluding tert-OH is 3. The molecule has 0 aromatic heterocycles.